The summed E-state index contributed by atoms with van der Waals surface area (Å²) in [6.07, 6.45) is 1.82. The van der Waals surface area contributed by atoms with Crippen LogP contribution in [0.5, 0.6) is 5.75 Å². The van der Waals surface area contributed by atoms with Gasteiger partial charge in [-0.1, -0.05) is 0 Å². The molecule has 0 aliphatic carbocycles. The maximum Gasteiger partial charge on any atom is 0.253 e. The lowest BCUT2D eigenvalue weighted by Gasteiger charge is -2.38. The van der Waals surface area contributed by atoms with Gasteiger partial charge >= 0.3 is 0 Å². The highest BCUT2D eigenvalue weighted by Crippen LogP contribution is 2.27. The number of H-pyrrole nitrogens is 1. The van der Waals surface area contributed by atoms with E-state index < -0.39 is 15.1 Å². The zero-order valence-electron chi connectivity index (χ0n) is 14.2. The van der Waals surface area contributed by atoms with E-state index in [1.54, 1.807) is 35.2 Å². The molecule has 1 aromatic heterocycles. The second-order valence-corrected chi connectivity index (χ2v) is 8.56. The molecule has 1 saturated heterocycles. The molecule has 4 rings (SSSR count). The van der Waals surface area contributed by atoms with Crippen molar-refractivity contribution in [3.8, 4) is 5.75 Å². The van der Waals surface area contributed by atoms with Crippen molar-refractivity contribution in [1.82, 2.24) is 9.88 Å². The lowest BCUT2D eigenvalue weighted by atomic mass is 10.1. The maximum atomic E-state index is 12.7. The summed E-state index contributed by atoms with van der Waals surface area (Å²) in [4.78, 5) is 17.5. The summed E-state index contributed by atoms with van der Waals surface area (Å²) in [5, 5.41) is 0.384. The molecule has 0 unspecified atom stereocenters. The number of hydrogen-bond acceptors (Lipinski definition) is 4. The van der Waals surface area contributed by atoms with Crippen molar-refractivity contribution in [2.24, 2.45) is 0 Å². The van der Waals surface area contributed by atoms with Crippen LogP contribution in [-0.4, -0.2) is 49.7 Å². The van der Waals surface area contributed by atoms with E-state index in [1.165, 1.54) is 7.11 Å². The number of methoxy groups -OCH3 is 1. The molecule has 1 aliphatic heterocycles. The predicted molar refractivity (Wildman–Crippen MR) is 98.2 cm³/mol. The third kappa shape index (κ3) is 2.74. The van der Waals surface area contributed by atoms with Gasteiger partial charge in [0.1, 0.15) is 11.0 Å². The van der Waals surface area contributed by atoms with E-state index in [1.807, 2.05) is 24.4 Å². The Morgan fingerprint density at radius 2 is 1.85 bits per heavy atom. The maximum absolute atomic E-state index is 12.7. The summed E-state index contributed by atoms with van der Waals surface area (Å²) >= 11 is 0. The van der Waals surface area contributed by atoms with Crippen LogP contribution in [0.25, 0.3) is 10.9 Å². The second-order valence-electron chi connectivity index (χ2n) is 6.33. The average molecular weight is 370 g/mol. The van der Waals surface area contributed by atoms with E-state index in [0.29, 0.717) is 11.3 Å². The third-order valence-corrected chi connectivity index (χ3v) is 6.87. The molecule has 2 aromatic carbocycles. The van der Waals surface area contributed by atoms with Gasteiger partial charge in [0.25, 0.3) is 5.91 Å². The Kier molecular flexibility index (Phi) is 3.96. The Labute approximate surface area is 151 Å². The van der Waals surface area contributed by atoms with E-state index in [2.05, 4.69) is 4.98 Å². The highest BCUT2D eigenvalue weighted by atomic mass is 32.2. The number of fused-ring (bicyclic) bond motifs is 1. The molecule has 6 nitrogen and oxygen atoms in total. The first-order valence-electron chi connectivity index (χ1n) is 8.23. The molecule has 2 heterocycles. The number of aromatic amines is 1. The first-order chi connectivity index (χ1) is 12.5. The molecule has 0 radical (unpaired) electrons. The van der Waals surface area contributed by atoms with Gasteiger partial charge < -0.3 is 14.6 Å². The Bertz CT molecular complexity index is 1060. The summed E-state index contributed by atoms with van der Waals surface area (Å²) in [5.41, 5.74) is 1.53. The number of aromatic nitrogens is 1. The number of benzene rings is 2. The van der Waals surface area contributed by atoms with Crippen LogP contribution in [0.4, 0.5) is 0 Å². The van der Waals surface area contributed by atoms with Crippen LogP contribution in [0.15, 0.2) is 59.6 Å². The fraction of sp³-hybridized carbons (Fsp3) is 0.211. The van der Waals surface area contributed by atoms with E-state index in [0.717, 1.165) is 10.9 Å². The number of sulfone groups is 1. The fourth-order valence-corrected chi connectivity index (χ4v) is 4.78. The fourth-order valence-electron chi connectivity index (χ4n) is 3.13. The molecule has 0 bridgehead atoms. The molecule has 0 spiro atoms. The van der Waals surface area contributed by atoms with E-state index >= 15 is 0 Å². The normalized spacial score (nSPS) is 15.0. The van der Waals surface area contributed by atoms with Crippen molar-refractivity contribution in [3.05, 3.63) is 60.3 Å². The van der Waals surface area contributed by atoms with Crippen molar-refractivity contribution in [3.63, 3.8) is 0 Å². The second kappa shape index (κ2) is 6.17. The third-order valence-electron chi connectivity index (χ3n) is 4.76. The molecule has 1 aliphatic rings. The molecule has 1 amide bonds. The quantitative estimate of drug-likeness (QED) is 0.765. The molecule has 26 heavy (non-hydrogen) atoms. The number of ether oxygens (including phenoxy) is 1. The molecule has 1 fully saturated rings. The van der Waals surface area contributed by atoms with Crippen molar-refractivity contribution in [1.29, 1.82) is 0 Å². The number of likely N-dealkylation sites (tertiary alicyclic amines) is 1. The smallest absolute Gasteiger partial charge is 0.253 e. The van der Waals surface area contributed by atoms with Crippen LogP contribution in [0.3, 0.4) is 0 Å². The lowest BCUT2D eigenvalue weighted by Crippen LogP contribution is -2.56. The van der Waals surface area contributed by atoms with E-state index in [9.17, 15) is 13.2 Å². The Hall–Kier alpha value is -2.80. The zero-order chi connectivity index (χ0) is 18.3. The van der Waals surface area contributed by atoms with Gasteiger partial charge in [0.2, 0.25) is 0 Å². The summed E-state index contributed by atoms with van der Waals surface area (Å²) < 4.78 is 30.4. The molecule has 134 valence electrons. The predicted octanol–water partition coefficient (Wildman–Crippen LogP) is 2.47. The van der Waals surface area contributed by atoms with Crippen LogP contribution in [0.2, 0.25) is 0 Å². The number of carbonyl (C=O) groups excluding carboxylic acids is 1. The topological polar surface area (TPSA) is 79.5 Å². The zero-order valence-corrected chi connectivity index (χ0v) is 15.0. The van der Waals surface area contributed by atoms with Crippen molar-refractivity contribution in [2.75, 3.05) is 20.2 Å². The summed E-state index contributed by atoms with van der Waals surface area (Å²) in [5.74, 6) is 0.462. The molecule has 0 saturated carbocycles. The van der Waals surface area contributed by atoms with Gasteiger partial charge in [-0.15, -0.1) is 0 Å². The van der Waals surface area contributed by atoms with Crippen LogP contribution in [0.1, 0.15) is 10.4 Å². The van der Waals surface area contributed by atoms with Crippen LogP contribution in [-0.2, 0) is 9.84 Å². The number of carbonyl (C=O) groups is 1. The number of nitrogens with one attached hydrogen (secondary N) is 1. The molecular weight excluding hydrogens is 352 g/mol. The van der Waals surface area contributed by atoms with Crippen molar-refractivity contribution in [2.45, 2.75) is 10.1 Å². The van der Waals surface area contributed by atoms with Crippen LogP contribution >= 0.6 is 0 Å². The lowest BCUT2D eigenvalue weighted by molar-refractivity contribution is 0.0659. The van der Waals surface area contributed by atoms with Gasteiger partial charge in [-0.25, -0.2) is 8.42 Å². The summed E-state index contributed by atoms with van der Waals surface area (Å²) in [7, 11) is -1.92. The van der Waals surface area contributed by atoms with Crippen LogP contribution < -0.4 is 4.74 Å². The number of hydrogen-bond donors (Lipinski definition) is 1. The van der Waals surface area contributed by atoms with Gasteiger partial charge in [-0.05, 0) is 48.5 Å². The first-order valence-corrected chi connectivity index (χ1v) is 9.78. The highest BCUT2D eigenvalue weighted by Gasteiger charge is 2.40. The standard InChI is InChI=1S/C19H18N2O4S/c1-25-15-3-5-16(6-4-15)26(23,24)17-11-21(12-17)19(22)14-2-7-18-13(10-14)8-9-20-18/h2-10,17,20H,11-12H2,1H3. The summed E-state index contributed by atoms with van der Waals surface area (Å²) in [6, 6.07) is 13.7. The largest absolute Gasteiger partial charge is 0.497 e. The van der Waals surface area contributed by atoms with Gasteiger partial charge in [-0.3, -0.25) is 4.79 Å². The number of nitrogens with zero attached hydrogens (tertiary/aromatic N) is 1. The Morgan fingerprint density at radius 3 is 2.54 bits per heavy atom. The Balaban J connectivity index is 1.47. The minimum absolute atomic E-state index is 0.144. The highest BCUT2D eigenvalue weighted by molar-refractivity contribution is 7.92. The van der Waals surface area contributed by atoms with Gasteiger partial charge in [0, 0.05) is 35.8 Å². The van der Waals surface area contributed by atoms with E-state index in [-0.39, 0.29) is 23.9 Å². The van der Waals surface area contributed by atoms with Crippen LogP contribution in [0, 0.1) is 0 Å². The molecular formula is C19H18N2O4S. The minimum atomic E-state index is -3.46. The molecule has 0 atom stereocenters. The molecule has 7 heteroatoms. The molecule has 1 N–H and O–H groups in total. The molecule has 3 aromatic rings. The SMILES string of the molecule is COc1ccc(S(=O)(=O)C2CN(C(=O)c3ccc4[nH]ccc4c3)C2)cc1. The Morgan fingerprint density at radius 1 is 1.12 bits per heavy atom. The van der Waals surface area contributed by atoms with Crippen molar-refractivity contribution >= 4 is 26.6 Å². The monoisotopic (exact) mass is 370 g/mol. The van der Waals surface area contributed by atoms with E-state index in [4.69, 9.17) is 4.74 Å². The van der Waals surface area contributed by atoms with Gasteiger partial charge in [0.15, 0.2) is 9.84 Å². The van der Waals surface area contributed by atoms with Gasteiger partial charge in [0.05, 0.1) is 12.0 Å². The van der Waals surface area contributed by atoms with Gasteiger partial charge in [-0.2, -0.15) is 0 Å². The summed E-state index contributed by atoms with van der Waals surface area (Å²) in [6.45, 7) is 0.413. The average Bonchev–Trinajstić information content (AvgIpc) is 3.07. The van der Waals surface area contributed by atoms with Crippen molar-refractivity contribution < 1.29 is 17.9 Å². The number of rotatable bonds is 4. The first kappa shape index (κ1) is 16.7. The number of amides is 1. The minimum Gasteiger partial charge on any atom is -0.497 e.